The topological polar surface area (TPSA) is 117 Å². The van der Waals surface area contributed by atoms with Crippen molar-refractivity contribution < 1.29 is 24.1 Å². The van der Waals surface area contributed by atoms with Crippen molar-refractivity contribution in [3.8, 4) is 22.6 Å². The Morgan fingerprint density at radius 3 is 2.49 bits per heavy atom. The molecule has 0 bridgehead atoms. The number of amides is 1. The first-order valence-electron chi connectivity index (χ1n) is 12.9. The summed E-state index contributed by atoms with van der Waals surface area (Å²) in [5, 5.41) is 23.8. The zero-order valence-electron chi connectivity index (χ0n) is 22.8. The highest BCUT2D eigenvalue weighted by atomic mass is 19.1. The monoisotopic (exact) mass is 535 g/mol. The molecule has 0 fully saturated rings. The van der Waals surface area contributed by atoms with Gasteiger partial charge in [0, 0.05) is 42.9 Å². The van der Waals surface area contributed by atoms with Gasteiger partial charge in [0.25, 0.3) is 11.5 Å². The Balaban J connectivity index is 1.98. The molecule has 0 saturated carbocycles. The normalized spacial score (nSPS) is 12.9. The van der Waals surface area contributed by atoms with Crippen LogP contribution in [0.3, 0.4) is 0 Å². The van der Waals surface area contributed by atoms with Gasteiger partial charge in [-0.1, -0.05) is 6.07 Å². The quantitative estimate of drug-likeness (QED) is 0.245. The molecule has 0 saturated heterocycles. The summed E-state index contributed by atoms with van der Waals surface area (Å²) in [7, 11) is 1.62. The number of rotatable bonds is 9. The number of nitrogens with one attached hydrogen (secondary N) is 2. The summed E-state index contributed by atoms with van der Waals surface area (Å²) in [6, 6.07) is 9.69. The van der Waals surface area contributed by atoms with Crippen LogP contribution in [0.2, 0.25) is 0 Å². The van der Waals surface area contributed by atoms with Crippen molar-refractivity contribution in [3.63, 3.8) is 0 Å². The molecule has 4 aromatic rings. The Labute approximate surface area is 226 Å². The smallest absolute Gasteiger partial charge is 0.274 e. The lowest BCUT2D eigenvalue weighted by atomic mass is 9.88. The summed E-state index contributed by atoms with van der Waals surface area (Å²) in [6.07, 6.45) is 2.40. The minimum Gasteiger partial charge on any atom is -0.456 e. The zero-order valence-corrected chi connectivity index (χ0v) is 22.8. The number of H-pyrrole nitrogens is 1. The molecule has 1 atom stereocenters. The molecule has 9 heteroatoms. The number of carbonyl (C=O) groups excluding carboxylic acids is 1. The number of halogens is 1. The number of aromatic amines is 1. The highest BCUT2D eigenvalue weighted by molar-refractivity contribution is 6.03. The molecule has 0 aliphatic heterocycles. The largest absolute Gasteiger partial charge is 0.456 e. The third kappa shape index (κ3) is 5.60. The standard InChI is InChI=1S/C30H34FN3O5/c1-6-32-28(36)24-15-22-23(16-34(5)29(37)26(22)33-24)21-14-19(30(4,38)10-7-11-35)8-9-25(21)39-27-17(2)12-20(31)13-18(27)3/h8-9,12-16,33,35,38H,6-7,10-11H2,1-5H3,(H,32,36). The molecule has 2 heterocycles. The van der Waals surface area contributed by atoms with E-state index in [0.29, 0.717) is 64.1 Å². The molecular weight excluding hydrogens is 501 g/mol. The molecule has 0 aliphatic carbocycles. The second-order valence-corrected chi connectivity index (χ2v) is 10.1. The summed E-state index contributed by atoms with van der Waals surface area (Å²) in [5.41, 5.74) is 1.95. The summed E-state index contributed by atoms with van der Waals surface area (Å²) >= 11 is 0. The van der Waals surface area contributed by atoms with Crippen molar-refractivity contribution in [1.29, 1.82) is 0 Å². The van der Waals surface area contributed by atoms with Gasteiger partial charge in [0.15, 0.2) is 0 Å². The number of aryl methyl sites for hydroxylation is 3. The van der Waals surface area contributed by atoms with E-state index < -0.39 is 5.60 Å². The number of hydrogen-bond donors (Lipinski definition) is 4. The minimum atomic E-state index is -1.25. The molecule has 8 nitrogen and oxygen atoms in total. The number of aliphatic hydroxyl groups is 2. The van der Waals surface area contributed by atoms with Crippen LogP contribution in [0.25, 0.3) is 22.0 Å². The first-order chi connectivity index (χ1) is 18.5. The number of carbonyl (C=O) groups is 1. The Morgan fingerprint density at radius 1 is 1.15 bits per heavy atom. The molecule has 1 unspecified atom stereocenters. The summed E-state index contributed by atoms with van der Waals surface area (Å²) in [4.78, 5) is 28.6. The number of fused-ring (bicyclic) bond motifs is 1. The maximum Gasteiger partial charge on any atom is 0.274 e. The summed E-state index contributed by atoms with van der Waals surface area (Å²) in [6.45, 7) is 7.38. The van der Waals surface area contributed by atoms with Gasteiger partial charge >= 0.3 is 0 Å². The van der Waals surface area contributed by atoms with Crippen LogP contribution in [0.1, 0.15) is 53.9 Å². The first kappa shape index (κ1) is 28.1. The van der Waals surface area contributed by atoms with Gasteiger partial charge in [-0.2, -0.15) is 0 Å². The van der Waals surface area contributed by atoms with E-state index in [4.69, 9.17) is 4.74 Å². The maximum atomic E-state index is 14.0. The summed E-state index contributed by atoms with van der Waals surface area (Å²) in [5.74, 6) is 0.222. The van der Waals surface area contributed by atoms with E-state index in [1.165, 1.54) is 16.7 Å². The first-order valence-corrected chi connectivity index (χ1v) is 12.9. The van der Waals surface area contributed by atoms with Crippen LogP contribution in [0.5, 0.6) is 11.5 Å². The maximum absolute atomic E-state index is 14.0. The molecule has 4 N–H and O–H groups in total. The predicted octanol–water partition coefficient (Wildman–Crippen LogP) is 4.81. The van der Waals surface area contributed by atoms with Crippen LogP contribution in [-0.4, -0.2) is 38.8 Å². The van der Waals surface area contributed by atoms with Crippen LogP contribution >= 0.6 is 0 Å². The van der Waals surface area contributed by atoms with E-state index in [2.05, 4.69) is 10.3 Å². The molecule has 206 valence electrons. The van der Waals surface area contributed by atoms with Crippen LogP contribution in [0.15, 0.2) is 47.4 Å². The fourth-order valence-corrected chi connectivity index (χ4v) is 4.83. The second kappa shape index (κ2) is 11.0. The van der Waals surface area contributed by atoms with Crippen molar-refractivity contribution in [1.82, 2.24) is 14.9 Å². The van der Waals surface area contributed by atoms with Gasteiger partial charge in [-0.05, 0) is 87.6 Å². The lowest BCUT2D eigenvalue weighted by Crippen LogP contribution is -2.23. The Morgan fingerprint density at radius 2 is 1.85 bits per heavy atom. The molecule has 0 aliphatic rings. The van der Waals surface area contributed by atoms with Crippen molar-refractivity contribution in [2.24, 2.45) is 7.05 Å². The van der Waals surface area contributed by atoms with Crippen LogP contribution < -0.4 is 15.6 Å². The second-order valence-electron chi connectivity index (χ2n) is 10.1. The number of benzene rings is 2. The zero-order chi connectivity index (χ0) is 28.5. The number of hydrogen-bond acceptors (Lipinski definition) is 5. The SMILES string of the molecule is CCNC(=O)c1cc2c(-c3cc(C(C)(O)CCCO)ccc3Oc3c(C)cc(F)cc3C)cn(C)c(=O)c2[nH]1. The Kier molecular flexibility index (Phi) is 7.94. The van der Waals surface area contributed by atoms with E-state index in [9.17, 15) is 24.2 Å². The van der Waals surface area contributed by atoms with Gasteiger partial charge in [0.2, 0.25) is 0 Å². The van der Waals surface area contributed by atoms with Gasteiger partial charge in [0.1, 0.15) is 28.5 Å². The molecule has 2 aromatic heterocycles. The minimum absolute atomic E-state index is 0.0549. The fourth-order valence-electron chi connectivity index (χ4n) is 4.83. The van der Waals surface area contributed by atoms with Crippen molar-refractivity contribution >= 4 is 16.8 Å². The van der Waals surface area contributed by atoms with E-state index in [1.807, 2.05) is 6.92 Å². The van der Waals surface area contributed by atoms with Gasteiger partial charge in [-0.25, -0.2) is 4.39 Å². The van der Waals surface area contributed by atoms with E-state index >= 15 is 0 Å². The van der Waals surface area contributed by atoms with Gasteiger partial charge < -0.3 is 29.8 Å². The van der Waals surface area contributed by atoms with Crippen LogP contribution in [0, 0.1) is 19.7 Å². The van der Waals surface area contributed by atoms with Crippen LogP contribution in [0.4, 0.5) is 4.39 Å². The van der Waals surface area contributed by atoms with Crippen molar-refractivity contribution in [2.75, 3.05) is 13.2 Å². The highest BCUT2D eigenvalue weighted by Gasteiger charge is 2.26. The summed E-state index contributed by atoms with van der Waals surface area (Å²) < 4.78 is 21.8. The number of aliphatic hydroxyl groups excluding tert-OH is 1. The van der Waals surface area contributed by atoms with Gasteiger partial charge in [-0.3, -0.25) is 9.59 Å². The molecule has 2 aromatic carbocycles. The van der Waals surface area contributed by atoms with Crippen molar-refractivity contribution in [3.05, 3.63) is 81.2 Å². The van der Waals surface area contributed by atoms with Gasteiger partial charge in [-0.15, -0.1) is 0 Å². The predicted molar refractivity (Wildman–Crippen MR) is 149 cm³/mol. The lowest BCUT2D eigenvalue weighted by Gasteiger charge is -2.25. The highest BCUT2D eigenvalue weighted by Crippen LogP contribution is 2.41. The molecule has 39 heavy (non-hydrogen) atoms. The number of nitrogens with zero attached hydrogens (tertiary/aromatic N) is 1. The van der Waals surface area contributed by atoms with Crippen molar-refractivity contribution in [2.45, 2.75) is 46.1 Å². The molecule has 0 radical (unpaired) electrons. The number of aromatic nitrogens is 2. The Bertz CT molecular complexity index is 1580. The number of ether oxygens (including phenoxy) is 1. The van der Waals surface area contributed by atoms with E-state index in [-0.39, 0.29) is 35.1 Å². The van der Waals surface area contributed by atoms with Gasteiger partial charge in [0.05, 0.1) is 5.60 Å². The molecule has 4 rings (SSSR count). The number of pyridine rings is 1. The fraction of sp³-hybridized carbons (Fsp3) is 0.333. The Hall–Kier alpha value is -3.95. The third-order valence-corrected chi connectivity index (χ3v) is 6.90. The lowest BCUT2D eigenvalue weighted by molar-refractivity contribution is 0.0403. The third-order valence-electron chi connectivity index (χ3n) is 6.90. The van der Waals surface area contributed by atoms with E-state index in [1.54, 1.807) is 58.3 Å². The molecular formula is C30H34FN3O5. The average Bonchev–Trinajstić information content (AvgIpc) is 3.33. The average molecular weight is 536 g/mol. The molecule has 1 amide bonds. The van der Waals surface area contributed by atoms with E-state index in [0.717, 1.165) is 0 Å². The molecule has 0 spiro atoms. The van der Waals surface area contributed by atoms with Crippen LogP contribution in [-0.2, 0) is 12.6 Å².